The second-order valence-corrected chi connectivity index (χ2v) is 13.3. The second kappa shape index (κ2) is 11.5. The van der Waals surface area contributed by atoms with E-state index in [1.54, 1.807) is 53.1 Å². The van der Waals surface area contributed by atoms with Crippen molar-refractivity contribution < 1.29 is 26.3 Å². The molecule has 6 aromatic carbocycles. The second-order valence-electron chi connectivity index (χ2n) is 13.3. The first kappa shape index (κ1) is 33.2. The number of benzene rings is 6. The van der Waals surface area contributed by atoms with Crippen LogP contribution in [0.1, 0.15) is 33.4 Å². The SMILES string of the molecule is [C-]#[N+]c1cc(-c2ccc(-n3c4cccc(C)c4c4c(C)cccc43)c(C(F)(F)F)c2-n2c3cccc(C)c3c3c(C)cccc32)cc(C(F)(F)F)c1. The van der Waals surface area contributed by atoms with Crippen LogP contribution in [0.4, 0.5) is 32.0 Å². The van der Waals surface area contributed by atoms with Gasteiger partial charge in [0.05, 0.1) is 40.0 Å². The Hall–Kier alpha value is -6.01. The molecule has 258 valence electrons. The molecule has 0 bridgehead atoms. The Morgan fingerprint density at radius 1 is 0.519 bits per heavy atom. The quantitative estimate of drug-likeness (QED) is 0.129. The van der Waals surface area contributed by atoms with Crippen molar-refractivity contribution in [3.05, 3.63) is 148 Å². The maximum absolute atomic E-state index is 16.3. The molecule has 3 nitrogen and oxygen atoms in total. The van der Waals surface area contributed by atoms with Gasteiger partial charge in [0, 0.05) is 32.7 Å². The van der Waals surface area contributed by atoms with Crippen LogP contribution in [0.3, 0.4) is 0 Å². The largest absolute Gasteiger partial charge is 0.420 e. The van der Waals surface area contributed by atoms with E-state index < -0.39 is 23.5 Å². The Morgan fingerprint density at radius 2 is 0.962 bits per heavy atom. The fourth-order valence-corrected chi connectivity index (χ4v) is 7.92. The molecule has 0 aliphatic rings. The molecule has 0 amide bonds. The Kier molecular flexibility index (Phi) is 7.33. The molecule has 8 rings (SSSR count). The van der Waals surface area contributed by atoms with Gasteiger partial charge in [-0.15, -0.1) is 0 Å². The minimum atomic E-state index is -5.00. The van der Waals surface area contributed by atoms with Crippen molar-refractivity contribution in [2.24, 2.45) is 0 Å². The number of nitrogens with zero attached hydrogens (tertiary/aromatic N) is 3. The number of alkyl halides is 6. The zero-order valence-electron chi connectivity index (χ0n) is 28.4. The summed E-state index contributed by atoms with van der Waals surface area (Å²) >= 11 is 0. The van der Waals surface area contributed by atoms with Gasteiger partial charge in [-0.25, -0.2) is 4.85 Å². The third-order valence-electron chi connectivity index (χ3n) is 10.1. The van der Waals surface area contributed by atoms with Gasteiger partial charge in [0.25, 0.3) is 0 Å². The van der Waals surface area contributed by atoms with E-state index in [4.69, 9.17) is 6.57 Å². The molecule has 0 N–H and O–H groups in total. The highest BCUT2D eigenvalue weighted by atomic mass is 19.4. The lowest BCUT2D eigenvalue weighted by molar-refractivity contribution is -0.138. The molecule has 2 heterocycles. The fourth-order valence-electron chi connectivity index (χ4n) is 7.92. The topological polar surface area (TPSA) is 14.2 Å². The van der Waals surface area contributed by atoms with Crippen LogP contribution >= 0.6 is 0 Å². The molecule has 0 radical (unpaired) electrons. The lowest BCUT2D eigenvalue weighted by Crippen LogP contribution is -2.17. The van der Waals surface area contributed by atoms with Crippen LogP contribution in [0.25, 0.3) is 71.0 Å². The molecule has 2 aromatic heterocycles. The summed E-state index contributed by atoms with van der Waals surface area (Å²) in [5, 5.41) is 3.12. The van der Waals surface area contributed by atoms with Crippen molar-refractivity contribution in [1.29, 1.82) is 0 Å². The average molecular weight is 702 g/mol. The van der Waals surface area contributed by atoms with Gasteiger partial charge in [-0.3, -0.25) is 0 Å². The maximum Gasteiger partial charge on any atom is 0.420 e. The van der Waals surface area contributed by atoms with Crippen LogP contribution in [-0.4, -0.2) is 9.13 Å². The molecule has 0 saturated carbocycles. The van der Waals surface area contributed by atoms with Gasteiger partial charge in [0.2, 0.25) is 0 Å². The third kappa shape index (κ3) is 4.89. The van der Waals surface area contributed by atoms with E-state index >= 15 is 13.2 Å². The summed E-state index contributed by atoms with van der Waals surface area (Å²) in [6, 6.07) is 27.4. The minimum Gasteiger partial charge on any atom is -0.309 e. The van der Waals surface area contributed by atoms with Crippen LogP contribution in [-0.2, 0) is 12.4 Å². The molecule has 0 spiro atoms. The highest BCUT2D eigenvalue weighted by Gasteiger charge is 2.41. The molecule has 0 atom stereocenters. The first-order valence-corrected chi connectivity index (χ1v) is 16.5. The maximum atomic E-state index is 16.3. The van der Waals surface area contributed by atoms with E-state index in [-0.39, 0.29) is 28.2 Å². The molecule has 0 aliphatic carbocycles. The molecule has 52 heavy (non-hydrogen) atoms. The van der Waals surface area contributed by atoms with E-state index in [0.717, 1.165) is 49.9 Å². The first-order valence-electron chi connectivity index (χ1n) is 16.5. The van der Waals surface area contributed by atoms with Crippen molar-refractivity contribution >= 4 is 49.3 Å². The highest BCUT2D eigenvalue weighted by Crippen LogP contribution is 2.49. The standard InChI is InChI=1S/C43H29F6N3/c1-23-10-6-14-31-36(23)37-24(2)11-7-15-32(37)51(31)35-19-18-30(27-20-28(42(44,45)46)22-29(21-27)50-5)41(40(35)43(47,48)49)52-33-16-8-12-25(3)38(33)39-26(4)13-9-17-34(39)52/h6-22H,1-4H3. The zero-order chi connectivity index (χ0) is 36.9. The van der Waals surface area contributed by atoms with Gasteiger partial charge in [-0.2, -0.15) is 26.3 Å². The Balaban J connectivity index is 1.65. The average Bonchev–Trinajstić information content (AvgIpc) is 3.62. The normalized spacial score (nSPS) is 12.4. The third-order valence-corrected chi connectivity index (χ3v) is 10.1. The molecule has 0 saturated heterocycles. The van der Waals surface area contributed by atoms with Crippen molar-refractivity contribution in [3.63, 3.8) is 0 Å². The number of aromatic nitrogens is 2. The molecule has 0 unspecified atom stereocenters. The van der Waals surface area contributed by atoms with E-state index in [1.807, 2.05) is 52.0 Å². The van der Waals surface area contributed by atoms with E-state index in [0.29, 0.717) is 28.1 Å². The number of halogens is 6. The molecule has 0 aliphatic heterocycles. The van der Waals surface area contributed by atoms with Crippen LogP contribution in [0.2, 0.25) is 0 Å². The lowest BCUT2D eigenvalue weighted by Gasteiger charge is -2.25. The van der Waals surface area contributed by atoms with Gasteiger partial charge >= 0.3 is 12.4 Å². The number of fused-ring (bicyclic) bond motifs is 6. The number of hydrogen-bond acceptors (Lipinski definition) is 0. The van der Waals surface area contributed by atoms with Crippen molar-refractivity contribution in [2.45, 2.75) is 40.0 Å². The van der Waals surface area contributed by atoms with Gasteiger partial charge in [-0.05, 0) is 104 Å². The monoisotopic (exact) mass is 701 g/mol. The van der Waals surface area contributed by atoms with Gasteiger partial charge in [-0.1, -0.05) is 54.6 Å². The molecule has 0 fully saturated rings. The summed E-state index contributed by atoms with van der Waals surface area (Å²) in [7, 11) is 0. The Morgan fingerprint density at radius 3 is 1.37 bits per heavy atom. The molecular formula is C43H29F6N3. The number of hydrogen-bond donors (Lipinski definition) is 0. The molecule has 8 aromatic rings. The van der Waals surface area contributed by atoms with Crippen LogP contribution in [0, 0.1) is 34.3 Å². The van der Waals surface area contributed by atoms with Gasteiger partial charge in [0.1, 0.15) is 5.56 Å². The van der Waals surface area contributed by atoms with E-state index in [1.165, 1.54) is 22.8 Å². The number of aryl methyl sites for hydroxylation is 4. The smallest absolute Gasteiger partial charge is 0.309 e. The zero-order valence-corrected chi connectivity index (χ0v) is 28.4. The minimum absolute atomic E-state index is 0.0954. The first-order chi connectivity index (χ1) is 24.7. The molecular weight excluding hydrogens is 672 g/mol. The summed E-state index contributed by atoms with van der Waals surface area (Å²) in [5.41, 5.74) is 2.31. The van der Waals surface area contributed by atoms with Crippen molar-refractivity contribution in [3.8, 4) is 22.5 Å². The predicted octanol–water partition coefficient (Wildman–Crippen LogP) is 13.4. The van der Waals surface area contributed by atoms with Crippen LogP contribution < -0.4 is 0 Å². The van der Waals surface area contributed by atoms with E-state index in [9.17, 15) is 13.2 Å². The van der Waals surface area contributed by atoms with Crippen molar-refractivity contribution in [1.82, 2.24) is 9.13 Å². The van der Waals surface area contributed by atoms with Gasteiger partial charge < -0.3 is 9.13 Å². The van der Waals surface area contributed by atoms with Crippen molar-refractivity contribution in [2.75, 3.05) is 0 Å². The summed E-state index contributed by atoms with van der Waals surface area (Å²) in [6.07, 6.45) is -9.85. The summed E-state index contributed by atoms with van der Waals surface area (Å²) in [5.74, 6) is 0. The lowest BCUT2D eigenvalue weighted by atomic mass is 9.95. The highest BCUT2D eigenvalue weighted by molar-refractivity contribution is 6.14. The fraction of sp³-hybridized carbons (Fsp3) is 0.140. The van der Waals surface area contributed by atoms with Crippen LogP contribution in [0.15, 0.2) is 103 Å². The Labute approximate surface area is 294 Å². The van der Waals surface area contributed by atoms with Crippen LogP contribution in [0.5, 0.6) is 0 Å². The molecule has 9 heteroatoms. The van der Waals surface area contributed by atoms with Gasteiger partial charge in [0.15, 0.2) is 5.69 Å². The summed E-state index contributed by atoms with van der Waals surface area (Å²) in [4.78, 5) is 3.28. The predicted molar refractivity (Wildman–Crippen MR) is 196 cm³/mol. The summed E-state index contributed by atoms with van der Waals surface area (Å²) < 4.78 is 94.7. The Bertz CT molecular complexity index is 2710. The summed E-state index contributed by atoms with van der Waals surface area (Å²) in [6.45, 7) is 15.2. The number of rotatable bonds is 3. The van der Waals surface area contributed by atoms with E-state index in [2.05, 4.69) is 4.85 Å².